The number of aryl methyl sites for hydroxylation is 1. The van der Waals surface area contributed by atoms with Gasteiger partial charge >= 0.3 is 6.18 Å². The molecule has 0 spiro atoms. The zero-order chi connectivity index (χ0) is 23.5. The topological polar surface area (TPSA) is 98.7 Å². The monoisotopic (exact) mass is 452 g/mol. The fourth-order valence-corrected chi connectivity index (χ4v) is 3.09. The Morgan fingerprint density at radius 2 is 2.06 bits per heavy atom. The number of nitrogens with two attached hydrogens (primary N) is 1. The number of benzene rings is 1. The van der Waals surface area contributed by atoms with Crippen molar-refractivity contribution in [1.82, 2.24) is 14.9 Å². The van der Waals surface area contributed by atoms with E-state index in [0.717, 1.165) is 11.4 Å². The second-order valence-electron chi connectivity index (χ2n) is 7.84. The molecule has 1 aromatic heterocycles. The van der Waals surface area contributed by atoms with E-state index in [1.807, 2.05) is 43.7 Å². The number of aromatic nitrogens is 2. The van der Waals surface area contributed by atoms with Gasteiger partial charge in [0.1, 0.15) is 18.0 Å². The highest BCUT2D eigenvalue weighted by atomic mass is 19.4. The van der Waals surface area contributed by atoms with Gasteiger partial charge in [0.15, 0.2) is 0 Å². The molecular formula is C21H27F3N6O2. The quantitative estimate of drug-likeness (QED) is 0.596. The molecule has 2 aromatic rings. The van der Waals surface area contributed by atoms with Crippen molar-refractivity contribution in [1.29, 1.82) is 0 Å². The van der Waals surface area contributed by atoms with Gasteiger partial charge in [0, 0.05) is 23.6 Å². The highest BCUT2D eigenvalue weighted by Gasteiger charge is 2.32. The minimum Gasteiger partial charge on any atom is -0.494 e. The van der Waals surface area contributed by atoms with Crippen molar-refractivity contribution in [3.63, 3.8) is 0 Å². The lowest BCUT2D eigenvalue weighted by molar-refractivity contribution is -0.171. The molecule has 0 fully saturated rings. The second-order valence-corrected chi connectivity index (χ2v) is 7.84. The van der Waals surface area contributed by atoms with Crippen molar-refractivity contribution in [2.75, 3.05) is 25.6 Å². The van der Waals surface area contributed by atoms with Crippen LogP contribution in [0, 0.1) is 12.8 Å². The van der Waals surface area contributed by atoms with Crippen LogP contribution in [-0.2, 0) is 4.74 Å². The number of guanidine groups is 1. The average Bonchev–Trinajstić information content (AvgIpc) is 3.12. The number of ether oxygens (including phenoxy) is 2. The minimum atomic E-state index is -4.41. The average molecular weight is 452 g/mol. The van der Waals surface area contributed by atoms with Crippen molar-refractivity contribution >= 4 is 11.6 Å². The fourth-order valence-electron chi connectivity index (χ4n) is 3.09. The molecule has 3 rings (SSSR count). The fraction of sp³-hybridized carbons (Fsp3) is 0.429. The largest absolute Gasteiger partial charge is 0.494 e. The number of hydrogen-bond acceptors (Lipinski definition) is 7. The first kappa shape index (κ1) is 23.6. The summed E-state index contributed by atoms with van der Waals surface area (Å²) in [6, 6.07) is 5.46. The van der Waals surface area contributed by atoms with Crippen LogP contribution in [0.4, 0.5) is 18.9 Å². The number of nitrogens with one attached hydrogen (secondary N) is 2. The van der Waals surface area contributed by atoms with Gasteiger partial charge in [-0.2, -0.15) is 13.2 Å². The van der Waals surface area contributed by atoms with Gasteiger partial charge in [-0.25, -0.2) is 9.98 Å². The summed E-state index contributed by atoms with van der Waals surface area (Å²) in [6.07, 6.45) is 0.746. The molecule has 8 nitrogen and oxygen atoms in total. The third-order valence-corrected chi connectivity index (χ3v) is 4.87. The van der Waals surface area contributed by atoms with Gasteiger partial charge in [0.25, 0.3) is 0 Å². The summed E-state index contributed by atoms with van der Waals surface area (Å²) in [5, 5.41) is 6.08. The van der Waals surface area contributed by atoms with E-state index in [0.29, 0.717) is 23.1 Å². The molecule has 1 aliphatic heterocycles. The van der Waals surface area contributed by atoms with Crippen LogP contribution in [0.15, 0.2) is 47.5 Å². The molecule has 11 heteroatoms. The van der Waals surface area contributed by atoms with E-state index in [2.05, 4.69) is 20.6 Å². The first-order valence-corrected chi connectivity index (χ1v) is 9.97. The summed E-state index contributed by atoms with van der Waals surface area (Å²) in [6.45, 7) is 4.01. The molecule has 1 aliphatic rings. The summed E-state index contributed by atoms with van der Waals surface area (Å²) in [4.78, 5) is 8.74. The van der Waals surface area contributed by atoms with E-state index >= 15 is 0 Å². The molecule has 1 aromatic carbocycles. The Balaban J connectivity index is 1.80. The first-order chi connectivity index (χ1) is 15.0. The van der Waals surface area contributed by atoms with Crippen molar-refractivity contribution in [3.8, 4) is 11.4 Å². The maximum absolute atomic E-state index is 12.4. The predicted octanol–water partition coefficient (Wildman–Crippen LogP) is 3.33. The van der Waals surface area contributed by atoms with Gasteiger partial charge in [-0.1, -0.05) is 13.8 Å². The van der Waals surface area contributed by atoms with Crippen molar-refractivity contribution in [2.45, 2.75) is 32.6 Å². The summed E-state index contributed by atoms with van der Waals surface area (Å²) < 4.78 is 49.5. The van der Waals surface area contributed by atoms with Gasteiger partial charge in [-0.15, -0.1) is 0 Å². The molecule has 4 N–H and O–H groups in total. The maximum Gasteiger partial charge on any atom is 0.411 e. The smallest absolute Gasteiger partial charge is 0.411 e. The summed E-state index contributed by atoms with van der Waals surface area (Å²) in [5.74, 6) is 0.777. The molecule has 174 valence electrons. The number of hydrogen-bond donors (Lipinski definition) is 3. The highest BCUT2D eigenvalue weighted by Crippen LogP contribution is 2.28. The van der Waals surface area contributed by atoms with Crippen LogP contribution < -0.4 is 21.1 Å². The van der Waals surface area contributed by atoms with Gasteiger partial charge in [-0.3, -0.25) is 0 Å². The highest BCUT2D eigenvalue weighted by molar-refractivity contribution is 5.96. The molecule has 1 unspecified atom stereocenters. The van der Waals surface area contributed by atoms with Crippen LogP contribution in [0.25, 0.3) is 5.69 Å². The van der Waals surface area contributed by atoms with Crippen molar-refractivity contribution in [3.05, 3.63) is 48.2 Å². The number of nitrogens with zero attached hydrogens (tertiary/aromatic N) is 3. The number of methoxy groups -OCH3 is 1. The van der Waals surface area contributed by atoms with E-state index in [9.17, 15) is 13.2 Å². The van der Waals surface area contributed by atoms with E-state index in [1.165, 1.54) is 0 Å². The normalized spacial score (nSPS) is 18.8. The lowest BCUT2D eigenvalue weighted by Gasteiger charge is -2.33. The standard InChI is InChI=1S/C21H27F3N6O2/c1-13(2)20(25)8-16(10-32-11-21(22,23)24)28-19(29-20)27-15-5-6-17(18(7-15)31-4)30-9-14(3)26-12-30/h5-9,12-13H,10-11,25H2,1-4H3,(H2,27,28,29). The van der Waals surface area contributed by atoms with E-state index in [1.54, 1.807) is 25.6 Å². The van der Waals surface area contributed by atoms with Crippen LogP contribution >= 0.6 is 0 Å². The SMILES string of the molecule is COc1cc(NC2=NC(N)(C(C)C)C=C(COCC(F)(F)F)N2)ccc1-n1cnc(C)c1. The number of rotatable bonds is 7. The molecule has 0 saturated carbocycles. The second kappa shape index (κ2) is 9.21. The molecule has 1 atom stereocenters. The maximum atomic E-state index is 12.4. The van der Waals surface area contributed by atoms with Crippen LogP contribution in [-0.4, -0.2) is 47.7 Å². The summed E-state index contributed by atoms with van der Waals surface area (Å²) >= 11 is 0. The third-order valence-electron chi connectivity index (χ3n) is 4.87. The van der Waals surface area contributed by atoms with Gasteiger partial charge in [-0.05, 0) is 31.1 Å². The van der Waals surface area contributed by atoms with Crippen LogP contribution in [0.1, 0.15) is 19.5 Å². The van der Waals surface area contributed by atoms with Gasteiger partial charge in [0.05, 0.1) is 31.4 Å². The molecule has 0 aliphatic carbocycles. The van der Waals surface area contributed by atoms with E-state index < -0.39 is 18.4 Å². The lowest BCUT2D eigenvalue weighted by atomic mass is 9.95. The Morgan fingerprint density at radius 1 is 1.31 bits per heavy atom. The Hall–Kier alpha value is -3.05. The van der Waals surface area contributed by atoms with Gasteiger partial charge < -0.3 is 30.4 Å². The van der Waals surface area contributed by atoms with Gasteiger partial charge in [0.2, 0.25) is 5.96 Å². The predicted molar refractivity (Wildman–Crippen MR) is 116 cm³/mol. The zero-order valence-electron chi connectivity index (χ0n) is 18.3. The molecular weight excluding hydrogens is 425 g/mol. The number of halogens is 3. The molecule has 0 saturated heterocycles. The van der Waals surface area contributed by atoms with Crippen molar-refractivity contribution < 1.29 is 22.6 Å². The molecule has 2 heterocycles. The van der Waals surface area contributed by atoms with Crippen molar-refractivity contribution in [2.24, 2.45) is 16.6 Å². The van der Waals surface area contributed by atoms with E-state index in [4.69, 9.17) is 15.2 Å². The number of imidazole rings is 1. The Morgan fingerprint density at radius 3 is 2.66 bits per heavy atom. The first-order valence-electron chi connectivity index (χ1n) is 9.97. The molecule has 32 heavy (non-hydrogen) atoms. The Kier molecular flexibility index (Phi) is 6.79. The number of alkyl halides is 3. The molecule has 0 amide bonds. The minimum absolute atomic E-state index is 0.111. The number of aliphatic imine (C=N–C) groups is 1. The third kappa shape index (κ3) is 5.80. The Bertz CT molecular complexity index is 1020. The summed E-state index contributed by atoms with van der Waals surface area (Å²) in [5.41, 5.74) is 8.00. The number of anilines is 1. The van der Waals surface area contributed by atoms with Crippen LogP contribution in [0.2, 0.25) is 0 Å². The van der Waals surface area contributed by atoms with E-state index in [-0.39, 0.29) is 12.5 Å². The summed E-state index contributed by atoms with van der Waals surface area (Å²) in [7, 11) is 1.56. The molecule has 0 radical (unpaired) electrons. The lowest BCUT2D eigenvalue weighted by Crippen LogP contribution is -2.50. The van der Waals surface area contributed by atoms with Crippen LogP contribution in [0.5, 0.6) is 5.75 Å². The van der Waals surface area contributed by atoms with Crippen LogP contribution in [0.3, 0.4) is 0 Å². The Labute approximate surface area is 184 Å². The zero-order valence-corrected chi connectivity index (χ0v) is 18.3. The molecule has 0 bridgehead atoms.